The fourth-order valence-corrected chi connectivity index (χ4v) is 2.24. The van der Waals surface area contributed by atoms with Gasteiger partial charge in [0.2, 0.25) is 0 Å². The minimum Gasteiger partial charge on any atom is -0.495 e. The van der Waals surface area contributed by atoms with E-state index in [0.717, 1.165) is 10.9 Å². The number of carbonyl (C=O) groups is 1. The topological polar surface area (TPSA) is 51.5 Å². The molecule has 0 atom stereocenters. The number of rotatable bonds is 3. The highest BCUT2D eigenvalue weighted by Crippen LogP contribution is 2.27. The van der Waals surface area contributed by atoms with Crippen LogP contribution >= 0.6 is 0 Å². The molecule has 1 heterocycles. The van der Waals surface area contributed by atoms with Crippen LogP contribution in [0.15, 0.2) is 53.1 Å². The Morgan fingerprint density at radius 2 is 2.00 bits per heavy atom. The van der Waals surface area contributed by atoms with Gasteiger partial charge in [-0.1, -0.05) is 24.3 Å². The van der Waals surface area contributed by atoms with Crippen LogP contribution in [0.3, 0.4) is 0 Å². The van der Waals surface area contributed by atoms with Crippen molar-refractivity contribution in [3.63, 3.8) is 0 Å². The second-order valence-electron chi connectivity index (χ2n) is 4.80. The molecule has 3 rings (SSSR count). The van der Waals surface area contributed by atoms with Crippen LogP contribution in [-0.2, 0) is 0 Å². The number of para-hydroxylation sites is 1. The Morgan fingerprint density at radius 3 is 2.81 bits per heavy atom. The van der Waals surface area contributed by atoms with Crippen molar-refractivity contribution in [2.45, 2.75) is 6.92 Å². The van der Waals surface area contributed by atoms with E-state index in [-0.39, 0.29) is 5.91 Å². The van der Waals surface area contributed by atoms with E-state index in [2.05, 4.69) is 5.32 Å². The molecule has 0 spiro atoms. The number of hydrogen-bond donors (Lipinski definition) is 1. The highest BCUT2D eigenvalue weighted by Gasteiger charge is 2.15. The van der Waals surface area contributed by atoms with Gasteiger partial charge in [-0.25, -0.2) is 0 Å². The van der Waals surface area contributed by atoms with Crippen LogP contribution in [0.25, 0.3) is 11.0 Å². The normalized spacial score (nSPS) is 10.6. The van der Waals surface area contributed by atoms with Crippen LogP contribution in [0.4, 0.5) is 5.69 Å². The van der Waals surface area contributed by atoms with Crippen molar-refractivity contribution < 1.29 is 13.9 Å². The van der Waals surface area contributed by atoms with Crippen molar-refractivity contribution in [3.8, 4) is 5.75 Å². The number of hydrogen-bond acceptors (Lipinski definition) is 3. The summed E-state index contributed by atoms with van der Waals surface area (Å²) in [5.41, 5.74) is 2.91. The van der Waals surface area contributed by atoms with Gasteiger partial charge in [-0.3, -0.25) is 4.79 Å². The van der Waals surface area contributed by atoms with E-state index in [1.165, 1.54) is 6.26 Å². The van der Waals surface area contributed by atoms with Crippen molar-refractivity contribution in [2.24, 2.45) is 0 Å². The number of amides is 1. The molecule has 0 radical (unpaired) electrons. The molecule has 1 amide bonds. The highest BCUT2D eigenvalue weighted by atomic mass is 16.5. The minimum atomic E-state index is -0.220. The third-order valence-electron chi connectivity index (χ3n) is 3.33. The third kappa shape index (κ3) is 2.48. The predicted octanol–water partition coefficient (Wildman–Crippen LogP) is 4.00. The minimum absolute atomic E-state index is 0.220. The molecule has 0 saturated carbocycles. The van der Waals surface area contributed by atoms with Gasteiger partial charge in [-0.2, -0.15) is 0 Å². The summed E-state index contributed by atoms with van der Waals surface area (Å²) < 4.78 is 10.7. The van der Waals surface area contributed by atoms with Gasteiger partial charge in [-0.15, -0.1) is 0 Å². The van der Waals surface area contributed by atoms with Crippen molar-refractivity contribution >= 4 is 22.6 Å². The van der Waals surface area contributed by atoms with Crippen LogP contribution in [0, 0.1) is 6.92 Å². The number of furan rings is 1. The summed E-state index contributed by atoms with van der Waals surface area (Å²) in [5.74, 6) is 0.415. The van der Waals surface area contributed by atoms with E-state index in [1.54, 1.807) is 7.11 Å². The average Bonchev–Trinajstić information content (AvgIpc) is 2.93. The first-order valence-corrected chi connectivity index (χ1v) is 6.61. The summed E-state index contributed by atoms with van der Waals surface area (Å²) in [6, 6.07) is 13.1. The van der Waals surface area contributed by atoms with E-state index in [0.29, 0.717) is 22.6 Å². The second-order valence-corrected chi connectivity index (χ2v) is 4.80. The second kappa shape index (κ2) is 5.32. The Bertz CT molecular complexity index is 805. The zero-order chi connectivity index (χ0) is 14.8. The first-order valence-electron chi connectivity index (χ1n) is 6.61. The van der Waals surface area contributed by atoms with Gasteiger partial charge >= 0.3 is 0 Å². The van der Waals surface area contributed by atoms with Crippen molar-refractivity contribution in [1.82, 2.24) is 0 Å². The number of anilines is 1. The Hall–Kier alpha value is -2.75. The molecule has 4 nitrogen and oxygen atoms in total. The number of aryl methyl sites for hydroxylation is 1. The van der Waals surface area contributed by atoms with Crippen molar-refractivity contribution in [1.29, 1.82) is 0 Å². The van der Waals surface area contributed by atoms with Gasteiger partial charge in [0.15, 0.2) is 0 Å². The van der Waals surface area contributed by atoms with Gasteiger partial charge in [0.05, 0.1) is 18.4 Å². The van der Waals surface area contributed by atoms with Gasteiger partial charge in [0.25, 0.3) is 5.91 Å². The molecule has 0 aliphatic carbocycles. The lowest BCUT2D eigenvalue weighted by atomic mass is 10.1. The number of methoxy groups -OCH3 is 1. The lowest BCUT2D eigenvalue weighted by Gasteiger charge is -2.10. The van der Waals surface area contributed by atoms with E-state index >= 15 is 0 Å². The molecule has 0 unspecified atom stereocenters. The smallest absolute Gasteiger partial charge is 0.259 e. The molecule has 0 fully saturated rings. The number of nitrogens with one attached hydrogen (secondary N) is 1. The highest BCUT2D eigenvalue weighted by molar-refractivity contribution is 6.12. The lowest BCUT2D eigenvalue weighted by molar-refractivity contribution is 0.102. The molecule has 1 N–H and O–H groups in total. The lowest BCUT2D eigenvalue weighted by Crippen LogP contribution is -2.12. The van der Waals surface area contributed by atoms with E-state index in [9.17, 15) is 4.79 Å². The van der Waals surface area contributed by atoms with Crippen LogP contribution in [0.5, 0.6) is 5.75 Å². The first-order chi connectivity index (χ1) is 10.2. The van der Waals surface area contributed by atoms with E-state index in [4.69, 9.17) is 9.15 Å². The van der Waals surface area contributed by atoms with Crippen LogP contribution in [0.2, 0.25) is 0 Å². The van der Waals surface area contributed by atoms with Crippen molar-refractivity contribution in [3.05, 3.63) is 59.9 Å². The fourth-order valence-electron chi connectivity index (χ4n) is 2.24. The SMILES string of the molecule is COc1cc(C)ccc1NC(=O)c1coc2ccccc12. The maximum Gasteiger partial charge on any atom is 0.259 e. The van der Waals surface area contributed by atoms with Gasteiger partial charge in [-0.05, 0) is 30.7 Å². The largest absolute Gasteiger partial charge is 0.495 e. The molecule has 0 bridgehead atoms. The summed E-state index contributed by atoms with van der Waals surface area (Å²) >= 11 is 0. The average molecular weight is 281 g/mol. The monoisotopic (exact) mass is 281 g/mol. The summed E-state index contributed by atoms with van der Waals surface area (Å²) in [5, 5.41) is 3.65. The molecular formula is C17H15NO3. The molecule has 21 heavy (non-hydrogen) atoms. The number of fused-ring (bicyclic) bond motifs is 1. The summed E-state index contributed by atoms with van der Waals surface area (Å²) in [4.78, 5) is 12.4. The molecular weight excluding hydrogens is 266 g/mol. The van der Waals surface area contributed by atoms with E-state index in [1.807, 2.05) is 49.4 Å². The molecule has 2 aromatic carbocycles. The zero-order valence-electron chi connectivity index (χ0n) is 11.8. The van der Waals surface area contributed by atoms with Gasteiger partial charge in [0, 0.05) is 5.39 Å². The maximum atomic E-state index is 12.4. The van der Waals surface area contributed by atoms with Gasteiger partial charge < -0.3 is 14.5 Å². The predicted molar refractivity (Wildman–Crippen MR) is 81.9 cm³/mol. The van der Waals surface area contributed by atoms with E-state index < -0.39 is 0 Å². The standard InChI is InChI=1S/C17H15NO3/c1-11-7-8-14(16(9-11)20-2)18-17(19)13-10-21-15-6-4-3-5-12(13)15/h3-10H,1-2H3,(H,18,19). The molecule has 106 valence electrons. The summed E-state index contributed by atoms with van der Waals surface area (Å²) in [6.45, 7) is 1.97. The first kappa shape index (κ1) is 13.2. The Balaban J connectivity index is 1.93. The molecule has 3 aromatic rings. The fraction of sp³-hybridized carbons (Fsp3) is 0.118. The molecule has 0 saturated heterocycles. The Morgan fingerprint density at radius 1 is 1.19 bits per heavy atom. The number of carbonyl (C=O) groups excluding carboxylic acids is 1. The Kier molecular flexibility index (Phi) is 3.36. The third-order valence-corrected chi connectivity index (χ3v) is 3.33. The van der Waals surface area contributed by atoms with Crippen molar-refractivity contribution in [2.75, 3.05) is 12.4 Å². The van der Waals surface area contributed by atoms with Crippen LogP contribution < -0.4 is 10.1 Å². The number of benzene rings is 2. The number of ether oxygens (including phenoxy) is 1. The quantitative estimate of drug-likeness (QED) is 0.789. The molecule has 4 heteroatoms. The van der Waals surface area contributed by atoms with Crippen LogP contribution in [-0.4, -0.2) is 13.0 Å². The molecule has 1 aromatic heterocycles. The molecule has 0 aliphatic rings. The zero-order valence-corrected chi connectivity index (χ0v) is 11.8. The van der Waals surface area contributed by atoms with Crippen LogP contribution in [0.1, 0.15) is 15.9 Å². The molecule has 0 aliphatic heterocycles. The Labute approximate surface area is 122 Å². The van der Waals surface area contributed by atoms with Gasteiger partial charge in [0.1, 0.15) is 17.6 Å². The summed E-state index contributed by atoms with van der Waals surface area (Å²) in [7, 11) is 1.58. The maximum absolute atomic E-state index is 12.4. The summed E-state index contributed by atoms with van der Waals surface area (Å²) in [6.07, 6.45) is 1.47.